The largest absolute Gasteiger partial charge is 0.482 e. The van der Waals surface area contributed by atoms with Gasteiger partial charge in [0.25, 0.3) is 0 Å². The summed E-state index contributed by atoms with van der Waals surface area (Å²) < 4.78 is 35.9. The molecule has 0 radical (unpaired) electrons. The summed E-state index contributed by atoms with van der Waals surface area (Å²) in [6.07, 6.45) is -0.0217. The molecule has 0 amide bonds. The van der Waals surface area contributed by atoms with E-state index in [1.807, 2.05) is 30.3 Å². The van der Waals surface area contributed by atoms with Gasteiger partial charge in [0, 0.05) is 17.5 Å². The van der Waals surface area contributed by atoms with Crippen molar-refractivity contribution in [3.63, 3.8) is 0 Å². The fourth-order valence-electron chi connectivity index (χ4n) is 2.69. The maximum absolute atomic E-state index is 12.4. The van der Waals surface area contributed by atoms with Crippen molar-refractivity contribution in [3.05, 3.63) is 93.0 Å². The van der Waals surface area contributed by atoms with Gasteiger partial charge >= 0.3 is 0 Å². The van der Waals surface area contributed by atoms with Crippen molar-refractivity contribution in [2.45, 2.75) is 24.5 Å². The van der Waals surface area contributed by atoms with E-state index in [0.29, 0.717) is 5.02 Å². The van der Waals surface area contributed by atoms with Gasteiger partial charge in [-0.15, -0.1) is 0 Å². The molecule has 0 atom stereocenters. The van der Waals surface area contributed by atoms with Gasteiger partial charge in [0.2, 0.25) is 11.2 Å². The Morgan fingerprint density at radius 2 is 1.72 bits per heavy atom. The zero-order valence-electron chi connectivity index (χ0n) is 15.4. The topological polar surface area (TPSA) is 93.8 Å². The lowest BCUT2D eigenvalue weighted by Crippen LogP contribution is -2.14. The van der Waals surface area contributed by atoms with Crippen LogP contribution >= 0.6 is 11.6 Å². The third kappa shape index (κ3) is 5.47. The van der Waals surface area contributed by atoms with E-state index in [1.54, 1.807) is 0 Å². The molecule has 0 saturated carbocycles. The van der Waals surface area contributed by atoms with Crippen molar-refractivity contribution in [1.82, 2.24) is 0 Å². The monoisotopic (exact) mass is 434 g/mol. The van der Waals surface area contributed by atoms with Crippen LogP contribution in [0.25, 0.3) is 0 Å². The van der Waals surface area contributed by atoms with Crippen LogP contribution in [0.3, 0.4) is 0 Å². The molecule has 2 aromatic carbocycles. The van der Waals surface area contributed by atoms with Crippen LogP contribution in [0.5, 0.6) is 5.75 Å². The molecule has 6 nitrogen and oxygen atoms in total. The molecule has 1 heterocycles. The van der Waals surface area contributed by atoms with Crippen molar-refractivity contribution in [3.8, 4) is 5.75 Å². The number of hydrogen-bond donors (Lipinski definition) is 1. The number of hydrogen-bond acceptors (Lipinski definition) is 6. The minimum absolute atomic E-state index is 0.0217. The third-order valence-corrected chi connectivity index (χ3v) is 6.17. The Morgan fingerprint density at radius 3 is 2.38 bits per heavy atom. The minimum atomic E-state index is -3.58. The molecule has 3 rings (SSSR count). The van der Waals surface area contributed by atoms with E-state index in [4.69, 9.17) is 20.8 Å². The summed E-state index contributed by atoms with van der Waals surface area (Å²) in [6.45, 7) is -0.403. The average molecular weight is 435 g/mol. The fourth-order valence-corrected chi connectivity index (χ4v) is 4.07. The number of aliphatic hydroxyl groups excluding tert-OH is 1. The van der Waals surface area contributed by atoms with Crippen molar-refractivity contribution < 1.29 is 22.7 Å². The van der Waals surface area contributed by atoms with Crippen molar-refractivity contribution in [1.29, 1.82) is 0 Å². The SMILES string of the molecule is O=c1cc(CCS(=O)(=O)c2ccc(Cl)cc2)oc(CO)c1OCc1ccccc1. The maximum Gasteiger partial charge on any atom is 0.227 e. The number of aliphatic hydroxyl groups is 1. The van der Waals surface area contributed by atoms with Gasteiger partial charge in [-0.05, 0) is 29.8 Å². The zero-order valence-corrected chi connectivity index (χ0v) is 16.9. The molecule has 29 heavy (non-hydrogen) atoms. The summed E-state index contributed by atoms with van der Waals surface area (Å²) in [6, 6.07) is 16.3. The first-order valence-electron chi connectivity index (χ1n) is 8.81. The van der Waals surface area contributed by atoms with E-state index in [0.717, 1.165) is 5.56 Å². The molecule has 1 aromatic heterocycles. The number of rotatable bonds is 8. The van der Waals surface area contributed by atoms with Crippen molar-refractivity contribution in [2.24, 2.45) is 0 Å². The molecule has 0 aliphatic carbocycles. The van der Waals surface area contributed by atoms with E-state index < -0.39 is 21.9 Å². The van der Waals surface area contributed by atoms with Gasteiger partial charge in [0.15, 0.2) is 15.6 Å². The molecule has 0 spiro atoms. The third-order valence-electron chi connectivity index (χ3n) is 4.18. The fraction of sp³-hybridized carbons (Fsp3) is 0.190. The standard InChI is InChI=1S/C21H19ClO6S/c22-16-6-8-18(9-7-16)29(25,26)11-10-17-12-19(24)21(20(13-23)28-17)27-14-15-4-2-1-3-5-15/h1-9,12,23H,10-11,13-14H2. The van der Waals surface area contributed by atoms with Crippen LogP contribution in [-0.4, -0.2) is 19.3 Å². The molecule has 0 aliphatic heterocycles. The highest BCUT2D eigenvalue weighted by Crippen LogP contribution is 2.20. The van der Waals surface area contributed by atoms with Crippen LogP contribution in [-0.2, 0) is 29.5 Å². The lowest BCUT2D eigenvalue weighted by molar-refractivity contribution is 0.213. The number of benzene rings is 2. The number of ether oxygens (including phenoxy) is 1. The first kappa shape index (κ1) is 21.1. The van der Waals surface area contributed by atoms with E-state index in [1.165, 1.54) is 30.3 Å². The summed E-state index contributed by atoms with van der Waals surface area (Å²) >= 11 is 5.79. The predicted molar refractivity (Wildman–Crippen MR) is 109 cm³/mol. The van der Waals surface area contributed by atoms with Gasteiger partial charge in [-0.2, -0.15) is 0 Å². The molecule has 8 heteroatoms. The number of sulfone groups is 1. The number of halogens is 1. The quantitative estimate of drug-likeness (QED) is 0.584. The molecule has 0 saturated heterocycles. The summed E-state index contributed by atoms with van der Waals surface area (Å²) in [5, 5.41) is 9.99. The normalized spacial score (nSPS) is 11.4. The Hall–Kier alpha value is -2.61. The van der Waals surface area contributed by atoms with Gasteiger partial charge in [0.1, 0.15) is 19.0 Å². The summed E-state index contributed by atoms with van der Waals surface area (Å²) in [5.41, 5.74) is 0.379. The molecule has 3 aromatic rings. The van der Waals surface area contributed by atoms with Gasteiger partial charge in [-0.1, -0.05) is 41.9 Å². The second kappa shape index (κ2) is 9.26. The zero-order chi connectivity index (χ0) is 20.9. The first-order chi connectivity index (χ1) is 13.9. The summed E-state index contributed by atoms with van der Waals surface area (Å²) in [5.74, 6) is -0.219. The van der Waals surface area contributed by atoms with Crippen LogP contribution in [0.2, 0.25) is 5.02 Å². The van der Waals surface area contributed by atoms with Crippen molar-refractivity contribution in [2.75, 3.05) is 5.75 Å². The average Bonchev–Trinajstić information content (AvgIpc) is 2.72. The van der Waals surface area contributed by atoms with E-state index in [9.17, 15) is 18.3 Å². The lowest BCUT2D eigenvalue weighted by Gasteiger charge is -2.11. The Balaban J connectivity index is 1.74. The highest BCUT2D eigenvalue weighted by atomic mass is 35.5. The van der Waals surface area contributed by atoms with Gasteiger partial charge in [0.05, 0.1) is 10.6 Å². The molecular weight excluding hydrogens is 416 g/mol. The summed E-state index contributed by atoms with van der Waals surface area (Å²) in [7, 11) is -3.58. The molecule has 1 N–H and O–H groups in total. The van der Waals surface area contributed by atoms with Crippen LogP contribution in [0.1, 0.15) is 17.1 Å². The lowest BCUT2D eigenvalue weighted by atomic mass is 10.2. The molecule has 0 aliphatic rings. The van der Waals surface area contributed by atoms with E-state index in [-0.39, 0.29) is 40.9 Å². The van der Waals surface area contributed by atoms with Crippen LogP contribution in [0.15, 0.2) is 74.8 Å². The van der Waals surface area contributed by atoms with Gasteiger partial charge < -0.3 is 14.3 Å². The predicted octanol–water partition coefficient (Wildman–Crippen LogP) is 3.38. The van der Waals surface area contributed by atoms with E-state index >= 15 is 0 Å². The molecular formula is C21H19ClO6S. The Morgan fingerprint density at radius 1 is 1.03 bits per heavy atom. The molecule has 0 fully saturated rings. The molecule has 0 bridgehead atoms. The Kier molecular flexibility index (Phi) is 6.74. The van der Waals surface area contributed by atoms with Gasteiger partial charge in [-0.25, -0.2) is 8.42 Å². The minimum Gasteiger partial charge on any atom is -0.482 e. The Labute approximate surface area is 173 Å². The second-order valence-corrected chi connectivity index (χ2v) is 8.83. The van der Waals surface area contributed by atoms with Gasteiger partial charge in [-0.3, -0.25) is 4.79 Å². The van der Waals surface area contributed by atoms with Crippen LogP contribution in [0, 0.1) is 0 Å². The number of aryl methyl sites for hydroxylation is 1. The second-order valence-electron chi connectivity index (χ2n) is 6.28. The highest BCUT2D eigenvalue weighted by molar-refractivity contribution is 7.91. The van der Waals surface area contributed by atoms with Crippen LogP contribution in [0.4, 0.5) is 0 Å². The Bertz CT molecular complexity index is 1120. The first-order valence-corrected chi connectivity index (χ1v) is 10.8. The smallest absolute Gasteiger partial charge is 0.227 e. The summed E-state index contributed by atoms with van der Waals surface area (Å²) in [4.78, 5) is 12.5. The molecule has 0 unspecified atom stereocenters. The molecule has 152 valence electrons. The maximum atomic E-state index is 12.4. The highest BCUT2D eigenvalue weighted by Gasteiger charge is 2.18. The van der Waals surface area contributed by atoms with E-state index in [2.05, 4.69) is 0 Å². The van der Waals surface area contributed by atoms with Crippen LogP contribution < -0.4 is 10.2 Å². The van der Waals surface area contributed by atoms with Crippen molar-refractivity contribution >= 4 is 21.4 Å².